The van der Waals surface area contributed by atoms with Gasteiger partial charge in [-0.25, -0.2) is 9.97 Å². The summed E-state index contributed by atoms with van der Waals surface area (Å²) in [5.41, 5.74) is 13.0. The van der Waals surface area contributed by atoms with Crippen molar-refractivity contribution in [2.75, 3.05) is 0 Å². The molecule has 9 aromatic rings. The molecule has 3 nitrogen and oxygen atoms in total. The van der Waals surface area contributed by atoms with E-state index in [1.807, 2.05) is 17.4 Å². The number of aromatic nitrogens is 3. The van der Waals surface area contributed by atoms with Crippen molar-refractivity contribution in [1.82, 2.24) is 14.5 Å². The van der Waals surface area contributed by atoms with Crippen molar-refractivity contribution in [3.8, 4) is 50.7 Å². The Morgan fingerprint density at radius 2 is 1.15 bits per heavy atom. The lowest BCUT2D eigenvalue weighted by Gasteiger charge is -2.18. The third-order valence-corrected chi connectivity index (χ3v) is 11.0. The van der Waals surface area contributed by atoms with Gasteiger partial charge in [0.25, 0.3) is 0 Å². The monoisotopic (exact) mass is 631 g/mol. The highest BCUT2D eigenvalue weighted by Gasteiger charge is 2.28. The number of hydrogen-bond acceptors (Lipinski definition) is 3. The number of fused-ring (bicyclic) bond motifs is 8. The standard InChI is InChI=1S/C44H29N3S/c1-2-10-28(11-3-1)29-18-20-30(21-19-29)42-35-13-4-7-15-37(35)45-44(46-42)31-22-24-32(25-23-31)47-38-16-8-5-12-33(38)34-26-27-40-41(43(34)47)36-14-6-9-17-39(36)48-40/h1-25H,26-27H2. The van der Waals surface area contributed by atoms with Gasteiger partial charge in [-0.1, -0.05) is 109 Å². The fourth-order valence-corrected chi connectivity index (χ4v) is 8.70. The lowest BCUT2D eigenvalue weighted by Crippen LogP contribution is -2.04. The van der Waals surface area contributed by atoms with E-state index in [9.17, 15) is 0 Å². The third-order valence-electron chi connectivity index (χ3n) is 9.74. The van der Waals surface area contributed by atoms with E-state index in [1.165, 1.54) is 53.8 Å². The molecule has 0 bridgehead atoms. The fraction of sp³-hybridized carbons (Fsp3) is 0.0455. The Morgan fingerprint density at radius 3 is 1.98 bits per heavy atom. The maximum Gasteiger partial charge on any atom is 0.160 e. The minimum atomic E-state index is 0.730. The molecule has 0 atom stereocenters. The fourth-order valence-electron chi connectivity index (χ4n) is 7.50. The molecule has 48 heavy (non-hydrogen) atoms. The Hall–Kier alpha value is -5.84. The van der Waals surface area contributed by atoms with Crippen molar-refractivity contribution in [2.45, 2.75) is 12.8 Å². The van der Waals surface area contributed by atoms with Crippen molar-refractivity contribution in [1.29, 1.82) is 0 Å². The van der Waals surface area contributed by atoms with Crippen LogP contribution in [0.15, 0.2) is 152 Å². The molecule has 3 aromatic heterocycles. The molecule has 4 heteroatoms. The predicted molar refractivity (Wildman–Crippen MR) is 201 cm³/mol. The van der Waals surface area contributed by atoms with Crippen LogP contribution in [0, 0.1) is 0 Å². The van der Waals surface area contributed by atoms with Gasteiger partial charge in [0.15, 0.2) is 5.82 Å². The SMILES string of the molecule is c1ccc(-c2ccc(-c3nc(-c4ccc(-n5c6c(c7ccccc75)CCc5sc7ccccc7c5-6)cc4)nc4ccccc34)cc2)cc1. The van der Waals surface area contributed by atoms with Gasteiger partial charge in [0, 0.05) is 48.1 Å². The molecule has 0 saturated carbocycles. The Labute approximate surface area is 282 Å². The van der Waals surface area contributed by atoms with Gasteiger partial charge in [0.05, 0.1) is 22.4 Å². The largest absolute Gasteiger partial charge is 0.309 e. The van der Waals surface area contributed by atoms with Gasteiger partial charge < -0.3 is 4.57 Å². The molecule has 6 aromatic carbocycles. The highest BCUT2D eigenvalue weighted by atomic mass is 32.1. The molecule has 0 saturated heterocycles. The van der Waals surface area contributed by atoms with E-state index in [-0.39, 0.29) is 0 Å². The molecule has 0 unspecified atom stereocenters. The molecular weight excluding hydrogens is 603 g/mol. The van der Waals surface area contributed by atoms with Crippen molar-refractivity contribution in [3.63, 3.8) is 0 Å². The van der Waals surface area contributed by atoms with E-state index in [1.54, 1.807) is 0 Å². The third kappa shape index (κ3) is 4.27. The maximum absolute atomic E-state index is 5.20. The summed E-state index contributed by atoms with van der Waals surface area (Å²) in [5.74, 6) is 0.730. The first kappa shape index (κ1) is 27.3. The average Bonchev–Trinajstić information content (AvgIpc) is 3.71. The summed E-state index contributed by atoms with van der Waals surface area (Å²) >= 11 is 1.95. The molecule has 10 rings (SSSR count). The number of nitrogens with zero attached hydrogens (tertiary/aromatic N) is 3. The highest BCUT2D eigenvalue weighted by Crippen LogP contribution is 2.48. The lowest BCUT2D eigenvalue weighted by molar-refractivity contribution is 0.957. The molecule has 0 amide bonds. The van der Waals surface area contributed by atoms with Crippen LogP contribution in [0.25, 0.3) is 82.6 Å². The van der Waals surface area contributed by atoms with E-state index in [2.05, 4.69) is 150 Å². The van der Waals surface area contributed by atoms with Crippen molar-refractivity contribution in [3.05, 3.63) is 162 Å². The minimum Gasteiger partial charge on any atom is -0.309 e. The number of aryl methyl sites for hydroxylation is 2. The van der Waals surface area contributed by atoms with Crippen LogP contribution in [-0.4, -0.2) is 14.5 Å². The smallest absolute Gasteiger partial charge is 0.160 e. The molecule has 0 aliphatic heterocycles. The van der Waals surface area contributed by atoms with Crippen molar-refractivity contribution < 1.29 is 0 Å². The van der Waals surface area contributed by atoms with Crippen LogP contribution < -0.4 is 0 Å². The first-order chi connectivity index (χ1) is 23.8. The Kier molecular flexibility index (Phi) is 6.18. The van der Waals surface area contributed by atoms with Gasteiger partial charge in [0.1, 0.15) is 0 Å². The van der Waals surface area contributed by atoms with Crippen LogP contribution in [-0.2, 0) is 12.8 Å². The second kappa shape index (κ2) is 10.9. The van der Waals surface area contributed by atoms with Crippen LogP contribution in [0.4, 0.5) is 0 Å². The van der Waals surface area contributed by atoms with Crippen molar-refractivity contribution in [2.24, 2.45) is 0 Å². The van der Waals surface area contributed by atoms with Gasteiger partial charge in [-0.15, -0.1) is 11.3 Å². The number of hydrogen-bond donors (Lipinski definition) is 0. The average molecular weight is 632 g/mol. The molecule has 226 valence electrons. The Balaban J connectivity index is 1.10. The van der Waals surface area contributed by atoms with Crippen LogP contribution in [0.3, 0.4) is 0 Å². The zero-order valence-electron chi connectivity index (χ0n) is 26.1. The zero-order chi connectivity index (χ0) is 31.6. The van der Waals surface area contributed by atoms with E-state index >= 15 is 0 Å². The van der Waals surface area contributed by atoms with Crippen molar-refractivity contribution >= 4 is 43.2 Å². The minimum absolute atomic E-state index is 0.730. The molecule has 0 spiro atoms. The summed E-state index contributed by atoms with van der Waals surface area (Å²) in [6.07, 6.45) is 2.14. The predicted octanol–water partition coefficient (Wildman–Crippen LogP) is 11.6. The maximum atomic E-state index is 5.20. The number of rotatable bonds is 4. The summed E-state index contributed by atoms with van der Waals surface area (Å²) in [7, 11) is 0. The molecule has 3 heterocycles. The van der Waals surface area contributed by atoms with E-state index in [4.69, 9.17) is 9.97 Å². The Bertz CT molecular complexity index is 2650. The van der Waals surface area contributed by atoms with E-state index in [0.29, 0.717) is 0 Å². The first-order valence-electron chi connectivity index (χ1n) is 16.5. The number of benzene rings is 6. The quantitative estimate of drug-likeness (QED) is 0.193. The van der Waals surface area contributed by atoms with Gasteiger partial charge in [-0.05, 0) is 72.0 Å². The summed E-state index contributed by atoms with van der Waals surface area (Å²) in [6, 6.07) is 54.1. The number of para-hydroxylation sites is 2. The molecule has 0 fully saturated rings. The summed E-state index contributed by atoms with van der Waals surface area (Å²) in [6.45, 7) is 0. The lowest BCUT2D eigenvalue weighted by atomic mass is 9.92. The molecule has 1 aliphatic rings. The van der Waals surface area contributed by atoms with E-state index < -0.39 is 0 Å². The van der Waals surface area contributed by atoms with Crippen LogP contribution in [0.5, 0.6) is 0 Å². The van der Waals surface area contributed by atoms with Crippen LogP contribution in [0.2, 0.25) is 0 Å². The van der Waals surface area contributed by atoms with E-state index in [0.717, 1.165) is 52.1 Å². The zero-order valence-corrected chi connectivity index (χ0v) is 26.9. The topological polar surface area (TPSA) is 30.7 Å². The Morgan fingerprint density at radius 1 is 0.500 bits per heavy atom. The second-order valence-electron chi connectivity index (χ2n) is 12.5. The van der Waals surface area contributed by atoms with Crippen LogP contribution >= 0.6 is 11.3 Å². The summed E-state index contributed by atoms with van der Waals surface area (Å²) < 4.78 is 3.84. The molecule has 0 N–H and O–H groups in total. The van der Waals surface area contributed by atoms with Gasteiger partial charge in [-0.2, -0.15) is 0 Å². The van der Waals surface area contributed by atoms with Crippen LogP contribution in [0.1, 0.15) is 10.4 Å². The summed E-state index contributed by atoms with van der Waals surface area (Å²) in [5, 5.41) is 3.75. The molecule has 0 radical (unpaired) electrons. The van der Waals surface area contributed by atoms with Gasteiger partial charge >= 0.3 is 0 Å². The normalized spacial score (nSPS) is 12.4. The molecule has 1 aliphatic carbocycles. The number of thiophene rings is 1. The highest BCUT2D eigenvalue weighted by molar-refractivity contribution is 7.19. The molecular formula is C44H29N3S. The second-order valence-corrected chi connectivity index (χ2v) is 13.6. The van der Waals surface area contributed by atoms with Gasteiger partial charge in [-0.3, -0.25) is 0 Å². The summed E-state index contributed by atoms with van der Waals surface area (Å²) in [4.78, 5) is 11.7. The first-order valence-corrected chi connectivity index (χ1v) is 17.3. The van der Waals surface area contributed by atoms with Gasteiger partial charge in [0.2, 0.25) is 0 Å².